The number of aliphatic hydroxyl groups is 1. The number of likely N-dealkylation sites (N-methyl/N-ethyl adjacent to an activating group) is 1. The molecule has 1 heterocycles. The molecule has 1 aromatic carbocycles. The predicted molar refractivity (Wildman–Crippen MR) is 61.3 cm³/mol. The fourth-order valence-electron chi connectivity index (χ4n) is 1.66. The van der Waals surface area contributed by atoms with Gasteiger partial charge in [-0.2, -0.15) is 0 Å². The number of amides is 1. The Hall–Kier alpha value is -1.36. The van der Waals surface area contributed by atoms with Crippen LogP contribution in [0.15, 0.2) is 28.4 Å². The van der Waals surface area contributed by atoms with Crippen molar-refractivity contribution in [2.24, 2.45) is 0 Å². The van der Waals surface area contributed by atoms with E-state index in [-0.39, 0.29) is 33.8 Å². The van der Waals surface area contributed by atoms with E-state index in [1.54, 1.807) is 19.2 Å². The first-order valence-corrected chi connectivity index (χ1v) is 5.43. The maximum Gasteiger partial charge on any atom is 0.258 e. The Morgan fingerprint density at radius 3 is 2.75 bits per heavy atom. The van der Waals surface area contributed by atoms with Gasteiger partial charge in [-0.3, -0.25) is 4.79 Å². The summed E-state index contributed by atoms with van der Waals surface area (Å²) < 4.78 is 14.0. The molecule has 2 rings (SSSR count). The van der Waals surface area contributed by atoms with Gasteiger partial charge in [-0.1, -0.05) is 12.1 Å². The van der Waals surface area contributed by atoms with Crippen molar-refractivity contribution in [1.82, 2.24) is 4.90 Å². The molecule has 0 fully saturated rings. The summed E-state index contributed by atoms with van der Waals surface area (Å²) >= 11 is 3.04. The lowest BCUT2D eigenvalue weighted by Gasteiger charge is -2.08. The Bertz CT molecular complexity index is 499. The Morgan fingerprint density at radius 1 is 1.50 bits per heavy atom. The van der Waals surface area contributed by atoms with Gasteiger partial charge in [0.25, 0.3) is 5.91 Å². The molecule has 0 bridgehead atoms. The van der Waals surface area contributed by atoms with E-state index in [2.05, 4.69) is 15.9 Å². The zero-order valence-corrected chi connectivity index (χ0v) is 10.1. The van der Waals surface area contributed by atoms with Gasteiger partial charge < -0.3 is 10.0 Å². The summed E-state index contributed by atoms with van der Waals surface area (Å²) in [5.74, 6) is -0.994. The molecule has 3 nitrogen and oxygen atoms in total. The number of rotatable bonds is 1. The molecular weight excluding hydrogens is 277 g/mol. The second kappa shape index (κ2) is 3.90. The topological polar surface area (TPSA) is 40.5 Å². The van der Waals surface area contributed by atoms with Gasteiger partial charge in [-0.25, -0.2) is 4.39 Å². The average molecular weight is 286 g/mol. The summed E-state index contributed by atoms with van der Waals surface area (Å²) in [6.45, 7) is 0.125. The number of benzene rings is 1. The van der Waals surface area contributed by atoms with Crippen LogP contribution in [0.1, 0.15) is 5.56 Å². The summed E-state index contributed by atoms with van der Waals surface area (Å²) in [6, 6.07) is 4.64. The average Bonchev–Trinajstić information content (AvgIpc) is 2.47. The predicted octanol–water partition coefficient (Wildman–Crippen LogP) is 2.33. The highest BCUT2D eigenvalue weighted by molar-refractivity contribution is 9.10. The molecule has 1 amide bonds. The van der Waals surface area contributed by atoms with Crippen molar-refractivity contribution < 1.29 is 14.3 Å². The van der Waals surface area contributed by atoms with Crippen LogP contribution in [-0.2, 0) is 4.79 Å². The largest absolute Gasteiger partial charge is 0.510 e. The van der Waals surface area contributed by atoms with Gasteiger partial charge in [0.15, 0.2) is 0 Å². The first-order chi connectivity index (χ1) is 7.52. The quantitative estimate of drug-likeness (QED) is 0.860. The molecular formula is C11H9BrFNO2. The summed E-state index contributed by atoms with van der Waals surface area (Å²) in [5.41, 5.74) is 0.169. The number of carbonyl (C=O) groups is 1. The molecule has 1 aliphatic rings. The van der Waals surface area contributed by atoms with Crippen LogP contribution in [0.4, 0.5) is 4.39 Å². The van der Waals surface area contributed by atoms with E-state index in [0.717, 1.165) is 0 Å². The van der Waals surface area contributed by atoms with Gasteiger partial charge in [0.1, 0.15) is 11.6 Å². The number of hydrogen-bond acceptors (Lipinski definition) is 2. The highest BCUT2D eigenvalue weighted by Crippen LogP contribution is 2.30. The van der Waals surface area contributed by atoms with Gasteiger partial charge >= 0.3 is 0 Å². The van der Waals surface area contributed by atoms with E-state index in [1.807, 2.05) is 0 Å². The Morgan fingerprint density at radius 2 is 2.19 bits per heavy atom. The molecule has 1 N–H and O–H groups in total. The molecule has 16 heavy (non-hydrogen) atoms. The van der Waals surface area contributed by atoms with Gasteiger partial charge in [0.05, 0.1) is 16.6 Å². The lowest BCUT2D eigenvalue weighted by molar-refractivity contribution is -0.122. The first kappa shape index (κ1) is 11.1. The van der Waals surface area contributed by atoms with Gasteiger partial charge in [0, 0.05) is 12.6 Å². The van der Waals surface area contributed by atoms with E-state index in [0.29, 0.717) is 0 Å². The van der Waals surface area contributed by atoms with Crippen molar-refractivity contribution in [2.45, 2.75) is 0 Å². The molecule has 0 spiro atoms. The summed E-state index contributed by atoms with van der Waals surface area (Å²) in [7, 11) is 1.56. The molecule has 0 unspecified atom stereocenters. The molecule has 1 aromatic rings. The molecule has 5 heteroatoms. The van der Waals surface area contributed by atoms with Gasteiger partial charge in [-0.15, -0.1) is 0 Å². The maximum absolute atomic E-state index is 13.8. The molecule has 0 saturated carbocycles. The van der Waals surface area contributed by atoms with Crippen molar-refractivity contribution in [3.8, 4) is 0 Å². The van der Waals surface area contributed by atoms with Crippen LogP contribution in [0.25, 0.3) is 5.57 Å². The Balaban J connectivity index is 2.57. The lowest BCUT2D eigenvalue weighted by atomic mass is 10.1. The van der Waals surface area contributed by atoms with Crippen LogP contribution >= 0.6 is 15.9 Å². The molecule has 0 aromatic heterocycles. The van der Waals surface area contributed by atoms with Crippen LogP contribution in [0, 0.1) is 5.82 Å². The summed E-state index contributed by atoms with van der Waals surface area (Å²) in [4.78, 5) is 13.0. The van der Waals surface area contributed by atoms with E-state index < -0.39 is 5.82 Å². The number of halogens is 2. The third-order valence-electron chi connectivity index (χ3n) is 2.46. The van der Waals surface area contributed by atoms with Gasteiger partial charge in [0.2, 0.25) is 0 Å². The van der Waals surface area contributed by atoms with Crippen LogP contribution < -0.4 is 0 Å². The minimum atomic E-state index is -0.535. The zero-order valence-electron chi connectivity index (χ0n) is 8.50. The molecule has 0 radical (unpaired) electrons. The van der Waals surface area contributed by atoms with Crippen molar-refractivity contribution >= 4 is 27.4 Å². The van der Waals surface area contributed by atoms with Crippen molar-refractivity contribution in [1.29, 1.82) is 0 Å². The molecule has 0 aliphatic carbocycles. The van der Waals surface area contributed by atoms with Crippen molar-refractivity contribution in [3.63, 3.8) is 0 Å². The second-order valence-corrected chi connectivity index (χ2v) is 4.44. The Labute approximate surface area is 100 Å². The fourth-order valence-corrected chi connectivity index (χ4v) is 2.02. The van der Waals surface area contributed by atoms with Crippen molar-refractivity contribution in [2.75, 3.05) is 13.6 Å². The monoisotopic (exact) mass is 285 g/mol. The zero-order chi connectivity index (χ0) is 11.9. The minimum absolute atomic E-state index is 0.0429. The fraction of sp³-hybridized carbons (Fsp3) is 0.182. The van der Waals surface area contributed by atoms with Crippen LogP contribution in [0.5, 0.6) is 0 Å². The van der Waals surface area contributed by atoms with Gasteiger partial charge in [-0.05, 0) is 22.0 Å². The number of aliphatic hydroxyl groups excluding tert-OH is 1. The van der Waals surface area contributed by atoms with E-state index in [1.165, 1.54) is 11.0 Å². The summed E-state index contributed by atoms with van der Waals surface area (Å²) in [5, 5.41) is 9.63. The van der Waals surface area contributed by atoms with E-state index >= 15 is 0 Å². The normalized spacial score (nSPS) is 16.2. The SMILES string of the molecule is CN1CC(O)=C(c2cccc(Br)c2F)C1=O. The Kier molecular flexibility index (Phi) is 2.71. The smallest absolute Gasteiger partial charge is 0.258 e. The maximum atomic E-state index is 13.8. The van der Waals surface area contributed by atoms with E-state index in [9.17, 15) is 14.3 Å². The molecule has 1 aliphatic heterocycles. The molecule has 84 valence electrons. The number of hydrogen-bond donors (Lipinski definition) is 1. The van der Waals surface area contributed by atoms with Crippen LogP contribution in [0.3, 0.4) is 0 Å². The third kappa shape index (κ3) is 1.61. The summed E-state index contributed by atoms with van der Waals surface area (Å²) in [6.07, 6.45) is 0. The minimum Gasteiger partial charge on any atom is -0.510 e. The van der Waals surface area contributed by atoms with E-state index in [4.69, 9.17) is 0 Å². The number of carbonyl (C=O) groups excluding carboxylic acids is 1. The standard InChI is InChI=1S/C11H9BrFNO2/c1-14-5-8(15)9(11(14)16)6-3-2-4-7(12)10(6)13/h2-4,15H,5H2,1H3. The third-order valence-corrected chi connectivity index (χ3v) is 3.07. The lowest BCUT2D eigenvalue weighted by Crippen LogP contribution is -2.21. The van der Waals surface area contributed by atoms with Crippen LogP contribution in [0.2, 0.25) is 0 Å². The highest BCUT2D eigenvalue weighted by Gasteiger charge is 2.30. The second-order valence-electron chi connectivity index (χ2n) is 3.58. The first-order valence-electron chi connectivity index (χ1n) is 4.64. The highest BCUT2D eigenvalue weighted by atomic mass is 79.9. The van der Waals surface area contributed by atoms with Crippen LogP contribution in [-0.4, -0.2) is 29.5 Å². The number of nitrogens with zero attached hydrogens (tertiary/aromatic N) is 1. The van der Waals surface area contributed by atoms with Crippen molar-refractivity contribution in [3.05, 3.63) is 39.8 Å². The molecule has 0 saturated heterocycles. The molecule has 0 atom stereocenters.